The first-order chi connectivity index (χ1) is 16.6. The fourth-order valence-corrected chi connectivity index (χ4v) is 5.74. The van der Waals surface area contributed by atoms with Crippen molar-refractivity contribution < 1.29 is 18.2 Å². The van der Waals surface area contributed by atoms with Crippen LogP contribution in [0.2, 0.25) is 0 Å². The third-order valence-electron chi connectivity index (χ3n) is 7.08. The lowest BCUT2D eigenvalue weighted by Crippen LogP contribution is -2.23. The SMILES string of the molecule is C=NOP1(=O)Oc2c(cc(C(C)(C)C)cc2C(C)(C)C)C(C)c2cc(C(C)(C)C)cc(C(C)(C)C)c2O1. The molecule has 1 aliphatic rings. The van der Waals surface area contributed by atoms with Crippen LogP contribution in [0.15, 0.2) is 29.4 Å². The van der Waals surface area contributed by atoms with Crippen molar-refractivity contribution in [1.82, 2.24) is 0 Å². The molecular formula is C31H46NO4P. The van der Waals surface area contributed by atoms with Crippen LogP contribution in [0.4, 0.5) is 0 Å². The number of phosphoric acid groups is 1. The number of rotatable bonds is 2. The Balaban J connectivity index is 2.55. The fraction of sp³-hybridized carbons (Fsp3) is 0.581. The zero-order valence-corrected chi connectivity index (χ0v) is 26.0. The highest BCUT2D eigenvalue weighted by atomic mass is 31.2. The van der Waals surface area contributed by atoms with Gasteiger partial charge in [-0.3, -0.25) is 4.62 Å². The second-order valence-corrected chi connectivity index (χ2v) is 15.9. The van der Waals surface area contributed by atoms with E-state index >= 15 is 0 Å². The third kappa shape index (κ3) is 5.93. The van der Waals surface area contributed by atoms with Gasteiger partial charge in [0.25, 0.3) is 0 Å². The number of oxime groups is 1. The number of benzene rings is 2. The summed E-state index contributed by atoms with van der Waals surface area (Å²) in [7, 11) is -4.21. The number of phosphoric ester groups is 1. The maximum Gasteiger partial charge on any atom is 0.668 e. The standard InChI is InChI=1S/C31H46NO4P/c1-19-22-15-20(28(2,3)4)17-24(30(8,9)10)26(22)34-37(33,36-32-14)35-27-23(19)16-21(29(5,6)7)18-25(27)31(11,12)13/h15-19H,14H2,1-13H3. The minimum atomic E-state index is -4.21. The second kappa shape index (κ2) is 9.19. The fourth-order valence-electron chi connectivity index (χ4n) is 4.64. The molecule has 0 N–H and O–H groups in total. The molecule has 0 bridgehead atoms. The number of hydrogen-bond acceptors (Lipinski definition) is 5. The summed E-state index contributed by atoms with van der Waals surface area (Å²) in [5.74, 6) is 0.968. The van der Waals surface area contributed by atoms with E-state index in [1.807, 2.05) is 0 Å². The van der Waals surface area contributed by atoms with E-state index in [9.17, 15) is 4.57 Å². The number of fused-ring (bicyclic) bond motifs is 2. The highest BCUT2D eigenvalue weighted by Crippen LogP contribution is 2.59. The zero-order valence-electron chi connectivity index (χ0n) is 25.1. The molecule has 2 aromatic carbocycles. The van der Waals surface area contributed by atoms with Gasteiger partial charge in [-0.25, -0.2) is 0 Å². The summed E-state index contributed by atoms with van der Waals surface area (Å²) >= 11 is 0. The Hall–Kier alpha value is -2.26. The van der Waals surface area contributed by atoms with E-state index in [-0.39, 0.29) is 27.6 Å². The van der Waals surface area contributed by atoms with E-state index in [0.717, 1.165) is 22.3 Å². The first-order valence-electron chi connectivity index (χ1n) is 13.1. The minimum absolute atomic E-state index is 0.0941. The van der Waals surface area contributed by atoms with E-state index in [1.165, 1.54) is 11.1 Å². The van der Waals surface area contributed by atoms with E-state index in [2.05, 4.69) is 126 Å². The molecule has 0 saturated carbocycles. The Kier molecular flexibility index (Phi) is 7.28. The molecule has 0 atom stereocenters. The van der Waals surface area contributed by atoms with Crippen molar-refractivity contribution in [2.75, 3.05) is 0 Å². The molecule has 204 valence electrons. The van der Waals surface area contributed by atoms with Crippen LogP contribution in [-0.4, -0.2) is 6.72 Å². The lowest BCUT2D eigenvalue weighted by atomic mass is 9.74. The van der Waals surface area contributed by atoms with Crippen LogP contribution < -0.4 is 9.05 Å². The quantitative estimate of drug-likeness (QED) is 0.222. The molecule has 0 aliphatic carbocycles. The molecule has 2 aromatic rings. The molecule has 3 rings (SSSR count). The summed E-state index contributed by atoms with van der Waals surface area (Å²) in [5, 5.41) is 3.50. The van der Waals surface area contributed by atoms with Gasteiger partial charge in [-0.2, -0.15) is 4.57 Å². The summed E-state index contributed by atoms with van der Waals surface area (Å²) in [6.45, 7) is 31.6. The van der Waals surface area contributed by atoms with Crippen molar-refractivity contribution in [3.63, 3.8) is 0 Å². The first kappa shape index (κ1) is 29.3. The average Bonchev–Trinajstić information content (AvgIpc) is 2.69. The van der Waals surface area contributed by atoms with Crippen LogP contribution in [0, 0.1) is 0 Å². The molecule has 0 radical (unpaired) electrons. The molecule has 0 unspecified atom stereocenters. The van der Waals surface area contributed by atoms with Gasteiger partial charge in [-0.1, -0.05) is 119 Å². The molecule has 0 fully saturated rings. The van der Waals surface area contributed by atoms with E-state index < -0.39 is 7.82 Å². The molecule has 0 amide bonds. The molecule has 1 heterocycles. The van der Waals surface area contributed by atoms with Gasteiger partial charge < -0.3 is 9.05 Å². The summed E-state index contributed by atoms with van der Waals surface area (Å²) in [6.07, 6.45) is 0. The monoisotopic (exact) mass is 527 g/mol. The Bertz CT molecular complexity index is 1160. The van der Waals surface area contributed by atoms with Crippen LogP contribution in [0.3, 0.4) is 0 Å². The number of hydrogen-bond donors (Lipinski definition) is 0. The highest BCUT2D eigenvalue weighted by Gasteiger charge is 2.43. The van der Waals surface area contributed by atoms with Crippen molar-refractivity contribution in [1.29, 1.82) is 0 Å². The topological polar surface area (TPSA) is 57.1 Å². The van der Waals surface area contributed by atoms with Crippen LogP contribution >= 0.6 is 7.82 Å². The Morgan fingerprint density at radius 1 is 0.703 bits per heavy atom. The van der Waals surface area contributed by atoms with Gasteiger partial charge in [0.1, 0.15) is 11.5 Å². The van der Waals surface area contributed by atoms with Gasteiger partial charge in [0, 0.05) is 34.9 Å². The lowest BCUT2D eigenvalue weighted by Gasteiger charge is -2.36. The van der Waals surface area contributed by atoms with Crippen molar-refractivity contribution in [2.24, 2.45) is 5.16 Å². The van der Waals surface area contributed by atoms with Gasteiger partial charge in [-0.05, 0) is 32.8 Å². The normalized spacial score (nSPS) is 20.5. The molecule has 6 heteroatoms. The smallest absolute Gasteiger partial charge is 0.384 e. The van der Waals surface area contributed by atoms with E-state index in [1.54, 1.807) is 0 Å². The number of nitrogens with zero attached hydrogens (tertiary/aromatic N) is 1. The molecule has 0 spiro atoms. The van der Waals surface area contributed by atoms with Crippen molar-refractivity contribution in [3.8, 4) is 11.5 Å². The highest BCUT2D eigenvalue weighted by molar-refractivity contribution is 7.49. The Morgan fingerprint density at radius 3 is 1.32 bits per heavy atom. The first-order valence-corrected chi connectivity index (χ1v) is 14.6. The molecule has 5 nitrogen and oxygen atoms in total. The van der Waals surface area contributed by atoms with Crippen LogP contribution in [-0.2, 0) is 30.8 Å². The molecule has 0 saturated heterocycles. The maximum absolute atomic E-state index is 14.2. The van der Waals surface area contributed by atoms with Crippen LogP contribution in [0.25, 0.3) is 0 Å². The largest absolute Gasteiger partial charge is 0.668 e. The Labute approximate surface area is 224 Å². The zero-order chi connectivity index (χ0) is 28.4. The molecule has 37 heavy (non-hydrogen) atoms. The summed E-state index contributed by atoms with van der Waals surface area (Å²) in [5.41, 5.74) is 5.43. The molecule has 0 aromatic heterocycles. The molecule has 1 aliphatic heterocycles. The van der Waals surface area contributed by atoms with E-state index in [4.69, 9.17) is 13.7 Å². The van der Waals surface area contributed by atoms with Crippen molar-refractivity contribution in [3.05, 3.63) is 57.6 Å². The summed E-state index contributed by atoms with van der Waals surface area (Å²) in [6, 6.07) is 8.70. The second-order valence-electron chi connectivity index (χ2n) is 14.4. The van der Waals surface area contributed by atoms with Crippen LogP contribution in [0.1, 0.15) is 129 Å². The van der Waals surface area contributed by atoms with Crippen molar-refractivity contribution >= 4 is 14.5 Å². The van der Waals surface area contributed by atoms with Gasteiger partial charge in [-0.15, -0.1) is 0 Å². The van der Waals surface area contributed by atoms with E-state index in [0.29, 0.717) is 11.5 Å². The minimum Gasteiger partial charge on any atom is -0.384 e. The third-order valence-corrected chi connectivity index (χ3v) is 8.21. The summed E-state index contributed by atoms with van der Waals surface area (Å²) in [4.78, 5) is 0. The molecular weight excluding hydrogens is 481 g/mol. The lowest BCUT2D eigenvalue weighted by molar-refractivity contribution is 0.214. The Morgan fingerprint density at radius 2 is 1.05 bits per heavy atom. The van der Waals surface area contributed by atoms with Crippen molar-refractivity contribution in [2.45, 2.75) is 118 Å². The predicted molar refractivity (Wildman–Crippen MR) is 155 cm³/mol. The van der Waals surface area contributed by atoms with Gasteiger partial charge in [0.05, 0.1) is 0 Å². The summed E-state index contributed by atoms with van der Waals surface area (Å²) < 4.78 is 32.0. The maximum atomic E-state index is 14.2. The van der Waals surface area contributed by atoms with Gasteiger partial charge >= 0.3 is 7.82 Å². The van der Waals surface area contributed by atoms with Crippen LogP contribution in [0.5, 0.6) is 11.5 Å². The van der Waals surface area contributed by atoms with Gasteiger partial charge in [0.2, 0.25) is 0 Å². The predicted octanol–water partition coefficient (Wildman–Crippen LogP) is 9.54. The average molecular weight is 528 g/mol. The van der Waals surface area contributed by atoms with Gasteiger partial charge in [0.15, 0.2) is 0 Å².